The second-order valence-corrected chi connectivity index (χ2v) is 19.7. The quantitative estimate of drug-likeness (QED) is 0.0396. The third-order valence-electron chi connectivity index (χ3n) is 10.9. The van der Waals surface area contributed by atoms with E-state index in [-0.39, 0.29) is 50.9 Å². The molecule has 0 saturated carbocycles. The Balaban J connectivity index is 0.893. The molecule has 9 heterocycles. The minimum Gasteiger partial charge on any atom is -0.387 e. The maximum atomic E-state index is 13.6. The Bertz CT molecular complexity index is 2960. The standard InChI is InChI=1S/C31H40N15O19P3/c32-23-14-26(38-4-35-23)44(7-41-14)29-20(50)17(47)11(62-29)1-59-66(51,52)10-58-21-18(48)13(63-30(21)45-8-42-15-24(33)36-5-39-27(15)45)3-61-68(56,57)65-22-19(49)12(2-60-67(53,54)55)64-31(22)46-9-43-16-25(34)37-6-40-28(16)46/h4-9,11-13,17-22,29-31,47-50H,1-3,10H2,(H,51,52)(H,56,57)(H2,32,35,38)(H2,33,36,39)(H2,34,37,40)(H2,53,54,55)/t11-,12-,13-,17-,18-,19-,20-,21-,22-,29-,30-,31-/m1/s1. The van der Waals surface area contributed by atoms with E-state index in [9.17, 15) is 53.7 Å². The summed E-state index contributed by atoms with van der Waals surface area (Å²) < 4.78 is 85.8. The largest absolute Gasteiger partial charge is 0.472 e. The van der Waals surface area contributed by atoms with E-state index < -0.39 is 123 Å². The first-order valence-electron chi connectivity index (χ1n) is 19.6. The number of ether oxygens (including phenoxy) is 4. The van der Waals surface area contributed by atoms with Crippen molar-refractivity contribution in [3.8, 4) is 0 Å². The van der Waals surface area contributed by atoms with Crippen LogP contribution in [0.2, 0.25) is 0 Å². The van der Waals surface area contributed by atoms with E-state index in [4.69, 9.17) is 49.7 Å². The summed E-state index contributed by atoms with van der Waals surface area (Å²) in [6.45, 7) is -2.65. The Labute approximate surface area is 377 Å². The second kappa shape index (κ2) is 18.4. The number of nitrogens with zero attached hydrogens (tertiary/aromatic N) is 12. The number of nitrogens with two attached hydrogens (primary N) is 3. The van der Waals surface area contributed by atoms with E-state index in [1.54, 1.807) is 0 Å². The number of rotatable bonds is 17. The van der Waals surface area contributed by atoms with E-state index in [1.807, 2.05) is 0 Å². The molecule has 2 unspecified atom stereocenters. The van der Waals surface area contributed by atoms with E-state index in [2.05, 4.69) is 49.4 Å². The average molecular weight is 1020 g/mol. The highest BCUT2D eigenvalue weighted by Gasteiger charge is 2.52. The molecule has 0 radical (unpaired) electrons. The first-order valence-corrected chi connectivity index (χ1v) is 24.4. The highest BCUT2D eigenvalue weighted by atomic mass is 31.2. The second-order valence-electron chi connectivity index (χ2n) is 15.2. The molecule has 3 aliphatic rings. The molecular weight excluding hydrogens is 979 g/mol. The minimum absolute atomic E-state index is 0.00326. The summed E-state index contributed by atoms with van der Waals surface area (Å²) in [5, 5.41) is 44.3. The Kier molecular flexibility index (Phi) is 13.1. The number of anilines is 3. The van der Waals surface area contributed by atoms with Gasteiger partial charge in [0.2, 0.25) is 0 Å². The molecule has 9 rings (SSSR count). The lowest BCUT2D eigenvalue weighted by Gasteiger charge is -2.25. The summed E-state index contributed by atoms with van der Waals surface area (Å²) in [6.07, 6.45) is -13.7. The number of aliphatic hydroxyl groups is 4. The van der Waals surface area contributed by atoms with Crippen molar-refractivity contribution in [3.63, 3.8) is 0 Å². The third-order valence-corrected chi connectivity index (χ3v) is 13.4. The number of hydrogen-bond acceptors (Lipinski definition) is 27. The van der Waals surface area contributed by atoms with Crippen LogP contribution < -0.4 is 17.2 Å². The van der Waals surface area contributed by atoms with Crippen molar-refractivity contribution in [3.05, 3.63) is 38.0 Å². The van der Waals surface area contributed by atoms with E-state index in [1.165, 1.54) is 21.8 Å². The molecule has 3 fully saturated rings. The molecule has 37 heteroatoms. The summed E-state index contributed by atoms with van der Waals surface area (Å²) in [6, 6.07) is 0. The molecule has 0 aromatic carbocycles. The predicted octanol–water partition coefficient (Wildman–Crippen LogP) is -3.46. The minimum atomic E-state index is -5.38. The zero-order valence-corrected chi connectivity index (χ0v) is 36.9. The van der Waals surface area contributed by atoms with Gasteiger partial charge in [0.25, 0.3) is 0 Å². The van der Waals surface area contributed by atoms with E-state index >= 15 is 0 Å². The monoisotopic (exact) mass is 1020 g/mol. The van der Waals surface area contributed by atoms with Gasteiger partial charge in [-0.05, 0) is 0 Å². The number of aliphatic hydroxyl groups excluding tert-OH is 4. The molecule has 0 spiro atoms. The van der Waals surface area contributed by atoms with Crippen LogP contribution in [0.5, 0.6) is 0 Å². The topological polar surface area (TPSA) is 496 Å². The molecule has 6 aromatic heterocycles. The lowest BCUT2D eigenvalue weighted by Crippen LogP contribution is -2.37. The molecule has 0 aliphatic carbocycles. The molecule has 0 amide bonds. The molecular formula is C31H40N15O19P3. The van der Waals surface area contributed by atoms with Crippen molar-refractivity contribution in [2.24, 2.45) is 0 Å². The molecule has 3 saturated heterocycles. The fraction of sp³-hybridized carbons (Fsp3) is 0.516. The maximum absolute atomic E-state index is 13.6. The molecule has 3 aliphatic heterocycles. The van der Waals surface area contributed by atoms with Crippen LogP contribution in [0.1, 0.15) is 18.7 Å². The van der Waals surface area contributed by atoms with Gasteiger partial charge < -0.3 is 80.7 Å². The van der Waals surface area contributed by atoms with Crippen molar-refractivity contribution >= 4 is 74.2 Å². The molecule has 6 aromatic rings. The molecule has 14 N–H and O–H groups in total. The van der Waals surface area contributed by atoms with Crippen molar-refractivity contribution in [1.29, 1.82) is 0 Å². The van der Waals surface area contributed by atoms with E-state index in [0.29, 0.717) is 0 Å². The number of aromatic nitrogens is 12. The van der Waals surface area contributed by atoms with Gasteiger partial charge in [0, 0.05) is 0 Å². The number of hydrogen-bond donors (Lipinski definition) is 11. The van der Waals surface area contributed by atoms with Crippen LogP contribution >= 0.6 is 23.2 Å². The van der Waals surface area contributed by atoms with Gasteiger partial charge in [-0.25, -0.2) is 54.0 Å². The molecule has 0 bridgehead atoms. The van der Waals surface area contributed by atoms with Crippen LogP contribution in [0.3, 0.4) is 0 Å². The van der Waals surface area contributed by atoms with Gasteiger partial charge >= 0.3 is 23.2 Å². The lowest BCUT2D eigenvalue weighted by molar-refractivity contribution is -0.0688. The zero-order chi connectivity index (χ0) is 48.4. The van der Waals surface area contributed by atoms with Gasteiger partial charge in [-0.3, -0.25) is 31.8 Å². The highest BCUT2D eigenvalue weighted by Crippen LogP contribution is 2.51. The normalized spacial score (nSPS) is 30.7. The van der Waals surface area contributed by atoms with Crippen LogP contribution in [-0.2, 0) is 50.7 Å². The molecule has 68 heavy (non-hydrogen) atoms. The summed E-state index contributed by atoms with van der Waals surface area (Å²) in [4.78, 5) is 76.7. The smallest absolute Gasteiger partial charge is 0.387 e. The van der Waals surface area contributed by atoms with Crippen molar-refractivity contribution in [2.75, 3.05) is 43.4 Å². The average Bonchev–Trinajstić information content (AvgIpc) is 4.14. The Hall–Kier alpha value is -4.90. The predicted molar refractivity (Wildman–Crippen MR) is 219 cm³/mol. The van der Waals surface area contributed by atoms with Gasteiger partial charge in [-0.2, -0.15) is 0 Å². The van der Waals surface area contributed by atoms with Gasteiger partial charge in [-0.15, -0.1) is 0 Å². The van der Waals surface area contributed by atoms with Gasteiger partial charge in [0.05, 0.1) is 38.8 Å². The Morgan fingerprint density at radius 1 is 0.529 bits per heavy atom. The Morgan fingerprint density at radius 2 is 0.941 bits per heavy atom. The maximum Gasteiger partial charge on any atom is 0.472 e. The summed E-state index contributed by atoms with van der Waals surface area (Å²) in [7, 11) is -15.3. The summed E-state index contributed by atoms with van der Waals surface area (Å²) >= 11 is 0. The fourth-order valence-corrected chi connectivity index (χ4v) is 9.74. The number of nitrogen functional groups attached to an aromatic ring is 3. The molecule has 368 valence electrons. The van der Waals surface area contributed by atoms with E-state index in [0.717, 1.165) is 29.9 Å². The molecule has 34 nitrogen and oxygen atoms in total. The van der Waals surface area contributed by atoms with Crippen LogP contribution in [0, 0.1) is 0 Å². The first-order chi connectivity index (χ1) is 32.2. The third kappa shape index (κ3) is 9.42. The van der Waals surface area contributed by atoms with Crippen LogP contribution in [0.4, 0.5) is 17.5 Å². The lowest BCUT2D eigenvalue weighted by atomic mass is 10.1. The van der Waals surface area contributed by atoms with Gasteiger partial charge in [0.15, 0.2) is 53.1 Å². The zero-order valence-electron chi connectivity index (χ0n) is 34.2. The Morgan fingerprint density at radius 3 is 1.44 bits per heavy atom. The number of fused-ring (bicyclic) bond motifs is 3. The van der Waals surface area contributed by atoms with Crippen molar-refractivity contribution in [1.82, 2.24) is 58.6 Å². The number of imidazole rings is 3. The van der Waals surface area contributed by atoms with Crippen molar-refractivity contribution in [2.45, 2.75) is 73.6 Å². The highest BCUT2D eigenvalue weighted by molar-refractivity contribution is 7.52. The summed E-state index contributed by atoms with van der Waals surface area (Å²) in [5.41, 5.74) is 18.3. The van der Waals surface area contributed by atoms with Gasteiger partial charge in [-0.1, -0.05) is 0 Å². The van der Waals surface area contributed by atoms with Crippen LogP contribution in [-0.4, -0.2) is 180 Å². The van der Waals surface area contributed by atoms with Crippen LogP contribution in [0.25, 0.3) is 33.5 Å². The summed E-state index contributed by atoms with van der Waals surface area (Å²) in [5.74, 6) is -0.0730. The van der Waals surface area contributed by atoms with Crippen LogP contribution in [0.15, 0.2) is 38.0 Å². The number of phosphoric ester groups is 2. The molecule has 14 atom stereocenters. The number of phosphoric acid groups is 2. The van der Waals surface area contributed by atoms with Crippen molar-refractivity contribution < 1.29 is 90.7 Å². The first kappa shape index (κ1) is 48.1. The van der Waals surface area contributed by atoms with Gasteiger partial charge in [0.1, 0.15) is 96.8 Å². The SMILES string of the molecule is Nc1ncnc2c1ncn2[C@@H]1O[C@H](COP(=O)(O)CO[C@@H]2[C@H](O)[C@@H](COP(=O)(O)O[C@@H]3[C@H](O)[C@@H](COP(=O)(O)O)O[C@H]3n3cnc4c(N)ncnc43)O[C@H]2n2cnc3c(N)ncnc32)[C@@H](O)[C@H]1O. The fourth-order valence-electron chi connectivity index (χ4n) is 7.65.